The van der Waals surface area contributed by atoms with E-state index in [1.807, 2.05) is 18.3 Å². The molecule has 0 spiro atoms. The van der Waals surface area contributed by atoms with E-state index in [0.29, 0.717) is 5.15 Å². The van der Waals surface area contributed by atoms with Crippen LogP contribution in [0.1, 0.15) is 10.4 Å². The average Bonchev–Trinajstić information content (AvgIpc) is 2.80. The summed E-state index contributed by atoms with van der Waals surface area (Å²) < 4.78 is 0. The standard InChI is InChI=1S/C12H13ClN2S/c13-12-4-3-10(8-15-12)5-6-14-9-11-2-1-7-16-11/h1-4,7-8,14H,5-6,9H2. The summed E-state index contributed by atoms with van der Waals surface area (Å²) >= 11 is 7.49. The molecule has 0 saturated carbocycles. The van der Waals surface area contributed by atoms with Crippen LogP contribution in [0.5, 0.6) is 0 Å². The van der Waals surface area contributed by atoms with Gasteiger partial charge in [-0.3, -0.25) is 0 Å². The fraction of sp³-hybridized carbons (Fsp3) is 0.250. The molecule has 0 aromatic carbocycles. The molecular weight excluding hydrogens is 240 g/mol. The van der Waals surface area contributed by atoms with E-state index < -0.39 is 0 Å². The maximum absolute atomic E-state index is 5.72. The van der Waals surface area contributed by atoms with Crippen molar-refractivity contribution in [2.24, 2.45) is 0 Å². The highest BCUT2D eigenvalue weighted by Crippen LogP contribution is 2.08. The number of hydrogen-bond donors (Lipinski definition) is 1. The lowest BCUT2D eigenvalue weighted by atomic mass is 10.2. The van der Waals surface area contributed by atoms with Crippen molar-refractivity contribution in [2.75, 3.05) is 6.54 Å². The van der Waals surface area contributed by atoms with Gasteiger partial charge < -0.3 is 5.32 Å². The van der Waals surface area contributed by atoms with Crippen LogP contribution in [0.4, 0.5) is 0 Å². The highest BCUT2D eigenvalue weighted by molar-refractivity contribution is 7.09. The molecule has 0 radical (unpaired) electrons. The second-order valence-corrected chi connectivity index (χ2v) is 4.91. The van der Waals surface area contributed by atoms with Gasteiger partial charge >= 0.3 is 0 Å². The van der Waals surface area contributed by atoms with E-state index in [4.69, 9.17) is 11.6 Å². The normalized spacial score (nSPS) is 10.6. The molecule has 1 N–H and O–H groups in total. The van der Waals surface area contributed by atoms with Gasteiger partial charge in [0.05, 0.1) is 0 Å². The van der Waals surface area contributed by atoms with Gasteiger partial charge in [-0.15, -0.1) is 11.3 Å². The lowest BCUT2D eigenvalue weighted by molar-refractivity contribution is 0.692. The van der Waals surface area contributed by atoms with E-state index in [9.17, 15) is 0 Å². The van der Waals surface area contributed by atoms with Crippen LogP contribution in [0.3, 0.4) is 0 Å². The molecule has 16 heavy (non-hydrogen) atoms. The largest absolute Gasteiger partial charge is 0.312 e. The van der Waals surface area contributed by atoms with Crippen molar-refractivity contribution < 1.29 is 0 Å². The van der Waals surface area contributed by atoms with Crippen molar-refractivity contribution in [3.05, 3.63) is 51.4 Å². The van der Waals surface area contributed by atoms with Crippen LogP contribution in [0.25, 0.3) is 0 Å². The zero-order valence-corrected chi connectivity index (χ0v) is 10.4. The maximum Gasteiger partial charge on any atom is 0.129 e. The number of rotatable bonds is 5. The highest BCUT2D eigenvalue weighted by Gasteiger charge is 1.95. The third kappa shape index (κ3) is 3.59. The van der Waals surface area contributed by atoms with E-state index in [-0.39, 0.29) is 0 Å². The first kappa shape index (κ1) is 11.6. The summed E-state index contributed by atoms with van der Waals surface area (Å²) in [7, 11) is 0. The Hall–Kier alpha value is -0.900. The van der Waals surface area contributed by atoms with E-state index in [2.05, 4.69) is 27.8 Å². The lowest BCUT2D eigenvalue weighted by Gasteiger charge is -2.03. The average molecular weight is 253 g/mol. The smallest absolute Gasteiger partial charge is 0.129 e. The van der Waals surface area contributed by atoms with Crippen LogP contribution in [0.15, 0.2) is 35.8 Å². The zero-order chi connectivity index (χ0) is 11.2. The van der Waals surface area contributed by atoms with E-state index >= 15 is 0 Å². The van der Waals surface area contributed by atoms with Crippen molar-refractivity contribution in [3.8, 4) is 0 Å². The van der Waals surface area contributed by atoms with Crippen LogP contribution in [0.2, 0.25) is 5.15 Å². The second kappa shape index (κ2) is 5.99. The van der Waals surface area contributed by atoms with Crippen molar-refractivity contribution in [3.63, 3.8) is 0 Å². The third-order valence-corrected chi connectivity index (χ3v) is 3.36. The minimum absolute atomic E-state index is 0.551. The van der Waals surface area contributed by atoms with Gasteiger partial charge in [-0.1, -0.05) is 23.7 Å². The molecule has 2 rings (SSSR count). The molecule has 2 aromatic rings. The summed E-state index contributed by atoms with van der Waals surface area (Å²) in [5.41, 5.74) is 1.21. The Balaban J connectivity index is 1.70. The molecule has 84 valence electrons. The summed E-state index contributed by atoms with van der Waals surface area (Å²) in [6.45, 7) is 1.90. The minimum Gasteiger partial charge on any atom is -0.312 e. The van der Waals surface area contributed by atoms with Crippen molar-refractivity contribution in [1.29, 1.82) is 0 Å². The SMILES string of the molecule is Clc1ccc(CCNCc2cccs2)cn1. The number of hydrogen-bond acceptors (Lipinski definition) is 3. The zero-order valence-electron chi connectivity index (χ0n) is 8.82. The van der Waals surface area contributed by atoms with Crippen molar-refractivity contribution in [2.45, 2.75) is 13.0 Å². The Morgan fingerprint density at radius 1 is 1.31 bits per heavy atom. The quantitative estimate of drug-likeness (QED) is 0.653. The highest BCUT2D eigenvalue weighted by atomic mass is 35.5. The molecule has 4 heteroatoms. The number of pyridine rings is 1. The monoisotopic (exact) mass is 252 g/mol. The fourth-order valence-electron chi connectivity index (χ4n) is 1.41. The Kier molecular flexibility index (Phi) is 4.34. The number of halogens is 1. The molecule has 2 aromatic heterocycles. The molecule has 0 aliphatic heterocycles. The van der Waals surface area contributed by atoms with Gasteiger partial charge in [0, 0.05) is 17.6 Å². The second-order valence-electron chi connectivity index (χ2n) is 3.50. The summed E-state index contributed by atoms with van der Waals surface area (Å²) in [6.07, 6.45) is 2.81. The fourth-order valence-corrected chi connectivity index (χ4v) is 2.20. The van der Waals surface area contributed by atoms with Gasteiger partial charge in [-0.2, -0.15) is 0 Å². The van der Waals surface area contributed by atoms with Crippen LogP contribution in [-0.4, -0.2) is 11.5 Å². The molecule has 0 saturated heterocycles. The molecule has 0 aliphatic rings. The summed E-state index contributed by atoms with van der Waals surface area (Å²) in [4.78, 5) is 5.42. The van der Waals surface area contributed by atoms with Crippen LogP contribution < -0.4 is 5.32 Å². The van der Waals surface area contributed by atoms with Crippen molar-refractivity contribution in [1.82, 2.24) is 10.3 Å². The topological polar surface area (TPSA) is 24.9 Å². The first-order valence-electron chi connectivity index (χ1n) is 5.18. The van der Waals surface area contributed by atoms with Crippen LogP contribution in [-0.2, 0) is 13.0 Å². The maximum atomic E-state index is 5.72. The van der Waals surface area contributed by atoms with Crippen LogP contribution >= 0.6 is 22.9 Å². The molecule has 2 nitrogen and oxygen atoms in total. The van der Waals surface area contributed by atoms with Crippen LogP contribution in [0, 0.1) is 0 Å². The third-order valence-electron chi connectivity index (χ3n) is 2.26. The predicted octanol–water partition coefficient (Wildman–Crippen LogP) is 3.13. The van der Waals surface area contributed by atoms with E-state index in [1.165, 1.54) is 10.4 Å². The minimum atomic E-state index is 0.551. The molecule has 0 fully saturated rings. The lowest BCUT2D eigenvalue weighted by Crippen LogP contribution is -2.15. The molecule has 0 atom stereocenters. The van der Waals surface area contributed by atoms with Gasteiger partial charge in [0.25, 0.3) is 0 Å². The van der Waals surface area contributed by atoms with E-state index in [1.54, 1.807) is 11.3 Å². The molecular formula is C12H13ClN2S. The van der Waals surface area contributed by atoms with Gasteiger partial charge in [-0.25, -0.2) is 4.98 Å². The Morgan fingerprint density at radius 2 is 2.25 bits per heavy atom. The number of nitrogens with one attached hydrogen (secondary N) is 1. The predicted molar refractivity (Wildman–Crippen MR) is 69.0 cm³/mol. The van der Waals surface area contributed by atoms with Crippen molar-refractivity contribution >= 4 is 22.9 Å². The number of thiophene rings is 1. The summed E-state index contributed by atoms with van der Waals surface area (Å²) in [5.74, 6) is 0. The van der Waals surface area contributed by atoms with Gasteiger partial charge in [0.2, 0.25) is 0 Å². The summed E-state index contributed by atoms with van der Waals surface area (Å²) in [6, 6.07) is 8.06. The Morgan fingerprint density at radius 3 is 2.94 bits per heavy atom. The first-order valence-corrected chi connectivity index (χ1v) is 6.44. The molecule has 0 aliphatic carbocycles. The van der Waals surface area contributed by atoms with E-state index in [0.717, 1.165) is 19.5 Å². The molecule has 0 amide bonds. The first-order chi connectivity index (χ1) is 7.84. The molecule has 0 bridgehead atoms. The number of nitrogens with zero attached hydrogens (tertiary/aromatic N) is 1. The molecule has 0 unspecified atom stereocenters. The summed E-state index contributed by atoms with van der Waals surface area (Å²) in [5, 5.41) is 6.05. The Labute approximate surface area is 104 Å². The van der Waals surface area contributed by atoms with Gasteiger partial charge in [0.1, 0.15) is 5.15 Å². The molecule has 2 heterocycles. The van der Waals surface area contributed by atoms with Gasteiger partial charge in [0.15, 0.2) is 0 Å². The number of aromatic nitrogens is 1. The Bertz CT molecular complexity index is 411. The van der Waals surface area contributed by atoms with Gasteiger partial charge in [-0.05, 0) is 36.0 Å².